The third-order valence-corrected chi connectivity index (χ3v) is 4.38. The SMILES string of the molecule is O=C(CCc1ncc(-c2c(F)cccc2F)o1)NCCc1nnc2ccccn12. The quantitative estimate of drug-likeness (QED) is 0.518. The monoisotopic (exact) mass is 397 g/mol. The lowest BCUT2D eigenvalue weighted by Crippen LogP contribution is -2.26. The summed E-state index contributed by atoms with van der Waals surface area (Å²) in [6.07, 6.45) is 4.01. The normalized spacial score (nSPS) is 11.1. The van der Waals surface area contributed by atoms with Gasteiger partial charge >= 0.3 is 0 Å². The average molecular weight is 397 g/mol. The van der Waals surface area contributed by atoms with Crippen molar-refractivity contribution in [1.82, 2.24) is 24.9 Å². The lowest BCUT2D eigenvalue weighted by atomic mass is 10.1. The lowest BCUT2D eigenvalue weighted by Gasteiger charge is -2.04. The molecule has 0 saturated heterocycles. The minimum absolute atomic E-state index is 0.00491. The number of carbonyl (C=O) groups excluding carboxylic acids is 1. The van der Waals surface area contributed by atoms with Crippen molar-refractivity contribution in [3.63, 3.8) is 0 Å². The molecule has 0 bridgehead atoms. The van der Waals surface area contributed by atoms with Gasteiger partial charge in [0.1, 0.15) is 17.5 Å². The first kappa shape index (κ1) is 18.7. The second-order valence-corrected chi connectivity index (χ2v) is 6.36. The maximum absolute atomic E-state index is 13.8. The van der Waals surface area contributed by atoms with E-state index in [0.29, 0.717) is 13.0 Å². The summed E-state index contributed by atoms with van der Waals surface area (Å²) >= 11 is 0. The minimum atomic E-state index is -0.730. The van der Waals surface area contributed by atoms with E-state index in [1.54, 1.807) is 0 Å². The van der Waals surface area contributed by atoms with Crippen LogP contribution in [0, 0.1) is 11.6 Å². The highest BCUT2D eigenvalue weighted by Crippen LogP contribution is 2.26. The van der Waals surface area contributed by atoms with Crippen molar-refractivity contribution in [2.45, 2.75) is 19.3 Å². The molecular weight excluding hydrogens is 380 g/mol. The molecule has 0 unspecified atom stereocenters. The van der Waals surface area contributed by atoms with Crippen LogP contribution in [-0.2, 0) is 17.6 Å². The first-order chi connectivity index (χ1) is 14.1. The molecule has 0 radical (unpaired) electrons. The maximum Gasteiger partial charge on any atom is 0.220 e. The molecule has 4 rings (SSSR count). The van der Waals surface area contributed by atoms with Gasteiger partial charge in [0.15, 0.2) is 17.3 Å². The van der Waals surface area contributed by atoms with E-state index in [1.165, 1.54) is 12.3 Å². The van der Waals surface area contributed by atoms with E-state index in [2.05, 4.69) is 20.5 Å². The second-order valence-electron chi connectivity index (χ2n) is 6.36. The Morgan fingerprint density at radius 3 is 2.72 bits per heavy atom. The fraction of sp³-hybridized carbons (Fsp3) is 0.200. The number of hydrogen-bond donors (Lipinski definition) is 1. The van der Waals surface area contributed by atoms with Crippen molar-refractivity contribution in [2.75, 3.05) is 6.54 Å². The number of fused-ring (bicyclic) bond motifs is 1. The maximum atomic E-state index is 13.8. The van der Waals surface area contributed by atoms with Gasteiger partial charge < -0.3 is 9.73 Å². The fourth-order valence-corrected chi connectivity index (χ4v) is 2.96. The molecule has 0 aliphatic rings. The molecule has 29 heavy (non-hydrogen) atoms. The second kappa shape index (κ2) is 8.17. The van der Waals surface area contributed by atoms with Gasteiger partial charge in [-0.2, -0.15) is 0 Å². The fourth-order valence-electron chi connectivity index (χ4n) is 2.96. The van der Waals surface area contributed by atoms with Gasteiger partial charge in [0.2, 0.25) is 5.91 Å². The molecule has 3 aromatic heterocycles. The van der Waals surface area contributed by atoms with E-state index < -0.39 is 11.6 Å². The first-order valence-electron chi connectivity index (χ1n) is 9.06. The van der Waals surface area contributed by atoms with Crippen LogP contribution in [-0.4, -0.2) is 32.0 Å². The molecule has 4 aromatic rings. The zero-order valence-corrected chi connectivity index (χ0v) is 15.3. The molecule has 148 valence electrons. The van der Waals surface area contributed by atoms with Crippen LogP contribution in [0.5, 0.6) is 0 Å². The summed E-state index contributed by atoms with van der Waals surface area (Å²) in [7, 11) is 0. The molecule has 7 nitrogen and oxygen atoms in total. The Morgan fingerprint density at radius 1 is 1.07 bits per heavy atom. The third kappa shape index (κ3) is 4.13. The van der Waals surface area contributed by atoms with E-state index >= 15 is 0 Å². The average Bonchev–Trinajstić information content (AvgIpc) is 3.34. The Labute approximate surface area is 164 Å². The Balaban J connectivity index is 1.28. The van der Waals surface area contributed by atoms with Crippen LogP contribution in [0.15, 0.2) is 53.2 Å². The number of carbonyl (C=O) groups is 1. The van der Waals surface area contributed by atoms with E-state index in [1.807, 2.05) is 28.8 Å². The summed E-state index contributed by atoms with van der Waals surface area (Å²) in [5.41, 5.74) is 0.482. The number of benzene rings is 1. The summed E-state index contributed by atoms with van der Waals surface area (Å²) in [4.78, 5) is 16.1. The molecule has 0 fully saturated rings. The van der Waals surface area contributed by atoms with Crippen LogP contribution in [0.25, 0.3) is 17.0 Å². The first-order valence-corrected chi connectivity index (χ1v) is 9.06. The minimum Gasteiger partial charge on any atom is -0.441 e. The van der Waals surface area contributed by atoms with Gasteiger partial charge in [-0.25, -0.2) is 13.8 Å². The predicted molar refractivity (Wildman–Crippen MR) is 99.9 cm³/mol. The molecular formula is C20H17F2N5O2. The smallest absolute Gasteiger partial charge is 0.220 e. The van der Waals surface area contributed by atoms with E-state index in [-0.39, 0.29) is 36.0 Å². The van der Waals surface area contributed by atoms with Crippen LogP contribution in [0.1, 0.15) is 18.1 Å². The molecule has 0 aliphatic carbocycles. The summed E-state index contributed by atoms with van der Waals surface area (Å²) in [5.74, 6) is -0.658. The van der Waals surface area contributed by atoms with Crippen LogP contribution in [0.4, 0.5) is 8.78 Å². The Hall–Kier alpha value is -3.62. The van der Waals surface area contributed by atoms with Gasteiger partial charge in [-0.05, 0) is 24.3 Å². The van der Waals surface area contributed by atoms with Gasteiger partial charge in [0, 0.05) is 32.0 Å². The van der Waals surface area contributed by atoms with Crippen LogP contribution >= 0.6 is 0 Å². The van der Waals surface area contributed by atoms with Crippen LogP contribution in [0.3, 0.4) is 0 Å². The standard InChI is InChI=1S/C20H17F2N5O2/c21-13-4-3-5-14(22)20(13)15-12-24-19(29-15)8-7-18(28)23-10-9-17-26-25-16-6-1-2-11-27(16)17/h1-6,11-12H,7-10H2,(H,23,28). The molecule has 0 spiro atoms. The Bertz CT molecular complexity index is 1130. The van der Waals surface area contributed by atoms with Gasteiger partial charge in [-0.15, -0.1) is 10.2 Å². The topological polar surface area (TPSA) is 85.3 Å². The third-order valence-electron chi connectivity index (χ3n) is 4.38. The number of halogens is 2. The molecule has 0 saturated carbocycles. The number of rotatable bonds is 7. The number of aromatic nitrogens is 4. The summed E-state index contributed by atoms with van der Waals surface area (Å²) in [6.45, 7) is 0.409. The highest BCUT2D eigenvalue weighted by atomic mass is 19.1. The zero-order chi connectivity index (χ0) is 20.2. The zero-order valence-electron chi connectivity index (χ0n) is 15.3. The lowest BCUT2D eigenvalue weighted by molar-refractivity contribution is -0.121. The van der Waals surface area contributed by atoms with Gasteiger partial charge in [-0.3, -0.25) is 9.20 Å². The molecule has 9 heteroatoms. The Morgan fingerprint density at radius 2 is 1.90 bits per heavy atom. The van der Waals surface area contributed by atoms with Crippen molar-refractivity contribution in [3.05, 3.63) is 72.1 Å². The van der Waals surface area contributed by atoms with E-state index in [4.69, 9.17) is 4.42 Å². The Kier molecular flexibility index (Phi) is 5.28. The van der Waals surface area contributed by atoms with E-state index in [9.17, 15) is 13.6 Å². The molecule has 1 aromatic carbocycles. The summed E-state index contributed by atoms with van der Waals surface area (Å²) < 4.78 is 34.9. The molecule has 0 atom stereocenters. The highest BCUT2D eigenvalue weighted by molar-refractivity contribution is 5.76. The van der Waals surface area contributed by atoms with E-state index in [0.717, 1.165) is 23.6 Å². The highest BCUT2D eigenvalue weighted by Gasteiger charge is 2.16. The summed E-state index contributed by atoms with van der Waals surface area (Å²) in [6, 6.07) is 9.19. The number of aryl methyl sites for hydroxylation is 1. The van der Waals surface area contributed by atoms with Crippen LogP contribution in [0.2, 0.25) is 0 Å². The van der Waals surface area contributed by atoms with Gasteiger partial charge in [0.05, 0.1) is 11.8 Å². The molecule has 1 amide bonds. The number of oxazole rings is 1. The van der Waals surface area contributed by atoms with Crippen molar-refractivity contribution in [1.29, 1.82) is 0 Å². The van der Waals surface area contributed by atoms with Gasteiger partial charge in [-0.1, -0.05) is 12.1 Å². The molecule has 1 N–H and O–H groups in total. The predicted octanol–water partition coefficient (Wildman–Crippen LogP) is 2.95. The van der Waals surface area contributed by atoms with Crippen LogP contribution < -0.4 is 5.32 Å². The molecule has 3 heterocycles. The number of nitrogens with zero attached hydrogens (tertiary/aromatic N) is 4. The number of amides is 1. The molecule has 0 aliphatic heterocycles. The van der Waals surface area contributed by atoms with Crippen molar-refractivity contribution < 1.29 is 18.0 Å². The summed E-state index contributed by atoms with van der Waals surface area (Å²) in [5, 5.41) is 11.0. The largest absolute Gasteiger partial charge is 0.441 e. The van der Waals surface area contributed by atoms with Crippen molar-refractivity contribution >= 4 is 11.6 Å². The number of hydrogen-bond acceptors (Lipinski definition) is 5. The number of pyridine rings is 1. The van der Waals surface area contributed by atoms with Crippen molar-refractivity contribution in [2.24, 2.45) is 0 Å². The van der Waals surface area contributed by atoms with Gasteiger partial charge in [0.25, 0.3) is 0 Å². The number of nitrogens with one attached hydrogen (secondary N) is 1. The van der Waals surface area contributed by atoms with Crippen molar-refractivity contribution in [3.8, 4) is 11.3 Å².